The average molecular weight is 298 g/mol. The molecule has 3 nitrogen and oxygen atoms in total. The molecule has 0 unspecified atom stereocenters. The monoisotopic (exact) mass is 298 g/mol. The molecular weight excluding hydrogens is 285 g/mol. The summed E-state index contributed by atoms with van der Waals surface area (Å²) in [6.07, 6.45) is 6.59. The van der Waals surface area contributed by atoms with Gasteiger partial charge in [0.2, 0.25) is 0 Å². The van der Waals surface area contributed by atoms with Crippen LogP contribution in [0.4, 0.5) is 8.63 Å². The highest BCUT2D eigenvalue weighted by atomic mass is 19.2. The van der Waals surface area contributed by atoms with E-state index in [9.17, 15) is 8.63 Å². The summed E-state index contributed by atoms with van der Waals surface area (Å²) in [6.45, 7) is 0. The molecule has 22 heavy (non-hydrogen) atoms. The number of hydrogen-bond acceptors (Lipinski definition) is 2. The Labute approximate surface area is 127 Å². The minimum absolute atomic E-state index is 0.418. The maximum Gasteiger partial charge on any atom is 0.677 e. The van der Waals surface area contributed by atoms with Crippen LogP contribution in [0, 0.1) is 0 Å². The van der Waals surface area contributed by atoms with Gasteiger partial charge in [0, 0.05) is 17.5 Å². The fraction of sp³-hybridized carbons (Fsp3) is 0.0625. The van der Waals surface area contributed by atoms with Crippen molar-refractivity contribution in [3.05, 3.63) is 71.7 Å². The van der Waals surface area contributed by atoms with E-state index < -0.39 is 7.40 Å². The highest BCUT2D eigenvalue weighted by Crippen LogP contribution is 2.32. The summed E-state index contributed by atoms with van der Waals surface area (Å²) in [5.41, 5.74) is 2.49. The molecule has 0 saturated carbocycles. The molecule has 0 saturated heterocycles. The number of halogens is 2. The van der Waals surface area contributed by atoms with Crippen molar-refractivity contribution < 1.29 is 13.4 Å². The van der Waals surface area contributed by atoms with Crippen LogP contribution >= 0.6 is 0 Å². The largest absolute Gasteiger partial charge is 0.677 e. The molecule has 0 fully saturated rings. The number of allylic oxidation sites excluding steroid dienone is 2. The lowest BCUT2D eigenvalue weighted by Gasteiger charge is -2.13. The maximum atomic E-state index is 13.2. The number of benzene rings is 1. The Morgan fingerprint density at radius 1 is 1.23 bits per heavy atom. The van der Waals surface area contributed by atoms with E-state index in [0.717, 1.165) is 10.0 Å². The number of aliphatic imine (C=N–C) groups is 1. The first-order valence-corrected chi connectivity index (χ1v) is 6.75. The summed E-state index contributed by atoms with van der Waals surface area (Å²) in [7, 11) is -1.04. The Bertz CT molecular complexity index is 764. The topological polar surface area (TPSA) is 26.5 Å². The van der Waals surface area contributed by atoms with E-state index in [2.05, 4.69) is 4.99 Å². The molecule has 1 aromatic heterocycles. The van der Waals surface area contributed by atoms with E-state index in [-0.39, 0.29) is 0 Å². The Morgan fingerprint density at radius 2 is 2.09 bits per heavy atom. The van der Waals surface area contributed by atoms with Gasteiger partial charge in [0.25, 0.3) is 0 Å². The molecule has 1 aliphatic rings. The molecule has 1 aromatic carbocycles. The van der Waals surface area contributed by atoms with Crippen LogP contribution < -0.4 is 4.74 Å². The standard InChI is InChI=1S/C16H13BF2N2O/c1-22-13-6-2-5-12(11-13)16(14-7-3-9-20-14)15-8-4-10-21(15)17(18)19/h2-11H,1H3/b16-14-. The van der Waals surface area contributed by atoms with Crippen molar-refractivity contribution in [2.75, 3.05) is 7.11 Å². The van der Waals surface area contributed by atoms with Gasteiger partial charge in [0.05, 0.1) is 12.8 Å². The summed E-state index contributed by atoms with van der Waals surface area (Å²) in [5.74, 6) is 0.664. The van der Waals surface area contributed by atoms with Crippen molar-refractivity contribution in [1.29, 1.82) is 0 Å². The van der Waals surface area contributed by atoms with Crippen molar-refractivity contribution >= 4 is 19.2 Å². The predicted octanol–water partition coefficient (Wildman–Crippen LogP) is 3.67. The zero-order valence-electron chi connectivity index (χ0n) is 11.9. The molecule has 0 atom stereocenters. The van der Waals surface area contributed by atoms with E-state index in [0.29, 0.717) is 22.7 Å². The zero-order valence-corrected chi connectivity index (χ0v) is 11.9. The lowest BCUT2D eigenvalue weighted by Crippen LogP contribution is -2.15. The summed E-state index contributed by atoms with van der Waals surface area (Å²) in [6, 6.07) is 10.6. The minimum Gasteiger partial charge on any atom is -0.497 e. The number of hydrogen-bond donors (Lipinski definition) is 0. The third kappa shape index (κ3) is 2.59. The van der Waals surface area contributed by atoms with Crippen LogP contribution in [0.1, 0.15) is 11.3 Å². The Morgan fingerprint density at radius 3 is 2.77 bits per heavy atom. The van der Waals surface area contributed by atoms with Gasteiger partial charge in [-0.1, -0.05) is 12.1 Å². The molecule has 6 heteroatoms. The quantitative estimate of drug-likeness (QED) is 0.791. The van der Waals surface area contributed by atoms with E-state index in [1.807, 2.05) is 24.3 Å². The molecule has 0 bridgehead atoms. The Balaban J connectivity index is 2.21. The second kappa shape index (κ2) is 6.01. The summed E-state index contributed by atoms with van der Waals surface area (Å²) >= 11 is 0. The molecule has 0 aliphatic carbocycles. The van der Waals surface area contributed by atoms with E-state index in [1.54, 1.807) is 37.6 Å². The third-order valence-electron chi connectivity index (χ3n) is 3.41. The fourth-order valence-corrected chi connectivity index (χ4v) is 2.43. The SMILES string of the molecule is COc1cccc(/C(=C2\C=CC=N2)c2cccn2B(F)F)c1. The lowest BCUT2D eigenvalue weighted by molar-refractivity contribution is 0.414. The Hall–Kier alpha value is -2.63. The molecule has 0 spiro atoms. The van der Waals surface area contributed by atoms with E-state index in [1.165, 1.54) is 6.20 Å². The molecule has 0 radical (unpaired) electrons. The van der Waals surface area contributed by atoms with Gasteiger partial charge in [-0.15, -0.1) is 0 Å². The summed E-state index contributed by atoms with van der Waals surface area (Å²) in [4.78, 5) is 4.27. The normalized spacial score (nSPS) is 15.2. The van der Waals surface area contributed by atoms with Crippen molar-refractivity contribution in [3.63, 3.8) is 0 Å². The van der Waals surface area contributed by atoms with Crippen LogP contribution in [0.15, 0.2) is 65.4 Å². The van der Waals surface area contributed by atoms with Gasteiger partial charge in [0.1, 0.15) is 5.75 Å². The second-order valence-corrected chi connectivity index (χ2v) is 4.71. The summed E-state index contributed by atoms with van der Waals surface area (Å²) < 4.78 is 32.6. The van der Waals surface area contributed by atoms with Crippen LogP contribution in [0.3, 0.4) is 0 Å². The molecule has 0 N–H and O–H groups in total. The van der Waals surface area contributed by atoms with Gasteiger partial charge in [-0.2, -0.15) is 0 Å². The molecule has 1 aliphatic heterocycles. The van der Waals surface area contributed by atoms with Crippen molar-refractivity contribution in [1.82, 2.24) is 4.48 Å². The highest BCUT2D eigenvalue weighted by Gasteiger charge is 2.23. The van der Waals surface area contributed by atoms with Crippen LogP contribution in [-0.2, 0) is 0 Å². The first-order valence-electron chi connectivity index (χ1n) is 6.75. The molecule has 2 aromatic rings. The van der Waals surface area contributed by atoms with Crippen molar-refractivity contribution in [3.8, 4) is 5.75 Å². The highest BCUT2D eigenvalue weighted by molar-refractivity contribution is 6.41. The fourth-order valence-electron chi connectivity index (χ4n) is 2.43. The van der Waals surface area contributed by atoms with Crippen molar-refractivity contribution in [2.24, 2.45) is 4.99 Å². The minimum atomic E-state index is -2.61. The smallest absolute Gasteiger partial charge is 0.497 e. The van der Waals surface area contributed by atoms with Crippen LogP contribution in [-0.4, -0.2) is 25.2 Å². The Kier molecular flexibility index (Phi) is 3.91. The second-order valence-electron chi connectivity index (χ2n) is 4.71. The van der Waals surface area contributed by atoms with Crippen molar-refractivity contribution in [2.45, 2.75) is 0 Å². The van der Waals surface area contributed by atoms with Crippen LogP contribution in [0.5, 0.6) is 5.75 Å². The number of aromatic nitrogens is 1. The number of methoxy groups -OCH3 is 1. The number of rotatable bonds is 4. The number of ether oxygens (including phenoxy) is 1. The van der Waals surface area contributed by atoms with Crippen LogP contribution in [0.25, 0.3) is 5.57 Å². The van der Waals surface area contributed by atoms with Gasteiger partial charge < -0.3 is 9.21 Å². The van der Waals surface area contributed by atoms with Gasteiger partial charge in [-0.05, 0) is 48.2 Å². The lowest BCUT2D eigenvalue weighted by atomic mass is 9.98. The maximum absolute atomic E-state index is 13.2. The molecule has 2 heterocycles. The van der Waals surface area contributed by atoms with Gasteiger partial charge >= 0.3 is 7.40 Å². The van der Waals surface area contributed by atoms with E-state index >= 15 is 0 Å². The van der Waals surface area contributed by atoms with Gasteiger partial charge in [-0.3, -0.25) is 13.6 Å². The van der Waals surface area contributed by atoms with Crippen LogP contribution in [0.2, 0.25) is 0 Å². The molecule has 0 amide bonds. The molecule has 3 rings (SSSR count). The number of nitrogens with zero attached hydrogens (tertiary/aromatic N) is 2. The van der Waals surface area contributed by atoms with E-state index in [4.69, 9.17) is 4.74 Å². The van der Waals surface area contributed by atoms with Gasteiger partial charge in [0.15, 0.2) is 0 Å². The average Bonchev–Trinajstić information content (AvgIpc) is 3.20. The first-order chi connectivity index (χ1) is 10.7. The van der Waals surface area contributed by atoms with Gasteiger partial charge in [-0.25, -0.2) is 0 Å². The summed E-state index contributed by atoms with van der Waals surface area (Å²) in [5, 5.41) is 0. The first kappa shape index (κ1) is 14.3. The predicted molar refractivity (Wildman–Crippen MR) is 84.4 cm³/mol. The molecule has 110 valence electrons. The molecular formula is C16H13BF2N2O. The third-order valence-corrected chi connectivity index (χ3v) is 3.41. The zero-order chi connectivity index (χ0) is 15.5.